The first kappa shape index (κ1) is 16.0. The van der Waals surface area contributed by atoms with Crippen molar-refractivity contribution in [3.63, 3.8) is 0 Å². The van der Waals surface area contributed by atoms with Crippen LogP contribution in [0.3, 0.4) is 0 Å². The maximum absolute atomic E-state index is 12.4. The van der Waals surface area contributed by atoms with E-state index in [1.165, 1.54) is 0 Å². The lowest BCUT2D eigenvalue weighted by molar-refractivity contribution is 0.0914. The predicted molar refractivity (Wildman–Crippen MR) is 90.7 cm³/mol. The van der Waals surface area contributed by atoms with Gasteiger partial charge in [-0.3, -0.25) is 9.48 Å². The lowest BCUT2D eigenvalue weighted by atomic mass is 9.95. The highest BCUT2D eigenvalue weighted by molar-refractivity contribution is 6.31. The normalized spacial score (nSPS) is 21.1. The average molecular weight is 333 g/mol. The van der Waals surface area contributed by atoms with Crippen LogP contribution in [0.4, 0.5) is 0 Å². The molecular formula is C17H21ClN4O. The molecule has 3 rings (SSSR count). The molecule has 0 bridgehead atoms. The first-order valence-electron chi connectivity index (χ1n) is 7.91. The number of halogens is 1. The molecule has 1 amide bonds. The number of amides is 1. The second-order valence-electron chi connectivity index (χ2n) is 6.07. The van der Waals surface area contributed by atoms with E-state index in [4.69, 9.17) is 11.6 Å². The lowest BCUT2D eigenvalue weighted by Crippen LogP contribution is -2.48. The molecule has 1 aliphatic rings. The summed E-state index contributed by atoms with van der Waals surface area (Å²) in [5.74, 6) is 0.375. The minimum Gasteiger partial charge on any atom is -0.349 e. The second-order valence-corrected chi connectivity index (χ2v) is 6.48. The zero-order valence-corrected chi connectivity index (χ0v) is 13.9. The molecule has 1 aromatic heterocycles. The molecule has 0 radical (unpaired) electrons. The topological polar surface area (TPSA) is 58.9 Å². The SMILES string of the molecule is CC1CNCCC1NC(=O)c1cnn(Cc2ccccc2Cl)c1. The Morgan fingerprint density at radius 3 is 3.09 bits per heavy atom. The quantitative estimate of drug-likeness (QED) is 0.903. The maximum atomic E-state index is 12.4. The summed E-state index contributed by atoms with van der Waals surface area (Å²) in [6, 6.07) is 7.87. The highest BCUT2D eigenvalue weighted by Gasteiger charge is 2.23. The molecule has 1 saturated heterocycles. The van der Waals surface area contributed by atoms with Crippen LogP contribution < -0.4 is 10.6 Å². The molecule has 1 fully saturated rings. The fourth-order valence-corrected chi connectivity index (χ4v) is 3.04. The molecule has 6 heteroatoms. The molecule has 23 heavy (non-hydrogen) atoms. The Kier molecular flexibility index (Phi) is 4.98. The number of rotatable bonds is 4. The molecule has 0 saturated carbocycles. The van der Waals surface area contributed by atoms with Crippen molar-refractivity contribution in [1.29, 1.82) is 0 Å². The predicted octanol–water partition coefficient (Wildman–Crippen LogP) is 2.31. The van der Waals surface area contributed by atoms with Gasteiger partial charge in [0.15, 0.2) is 0 Å². The van der Waals surface area contributed by atoms with Crippen LogP contribution in [-0.2, 0) is 6.54 Å². The Morgan fingerprint density at radius 1 is 1.48 bits per heavy atom. The van der Waals surface area contributed by atoms with E-state index >= 15 is 0 Å². The van der Waals surface area contributed by atoms with E-state index in [9.17, 15) is 4.79 Å². The number of hydrogen-bond acceptors (Lipinski definition) is 3. The third-order valence-corrected chi connectivity index (χ3v) is 4.66. The van der Waals surface area contributed by atoms with Crippen molar-refractivity contribution in [3.8, 4) is 0 Å². The molecule has 122 valence electrons. The van der Waals surface area contributed by atoms with E-state index in [2.05, 4.69) is 22.7 Å². The van der Waals surface area contributed by atoms with Gasteiger partial charge in [0.1, 0.15) is 0 Å². The largest absolute Gasteiger partial charge is 0.349 e. The number of nitrogens with one attached hydrogen (secondary N) is 2. The van der Waals surface area contributed by atoms with E-state index in [1.807, 2.05) is 24.3 Å². The Bertz CT molecular complexity index is 685. The molecular weight excluding hydrogens is 312 g/mol. The highest BCUT2D eigenvalue weighted by Crippen LogP contribution is 2.16. The van der Waals surface area contributed by atoms with Crippen LogP contribution in [0.15, 0.2) is 36.7 Å². The van der Waals surface area contributed by atoms with Gasteiger partial charge in [-0.1, -0.05) is 36.7 Å². The Labute approximate surface area is 141 Å². The van der Waals surface area contributed by atoms with Gasteiger partial charge < -0.3 is 10.6 Å². The van der Waals surface area contributed by atoms with Crippen LogP contribution >= 0.6 is 11.6 Å². The first-order chi connectivity index (χ1) is 11.1. The number of benzene rings is 1. The van der Waals surface area contributed by atoms with Gasteiger partial charge in [0.25, 0.3) is 5.91 Å². The summed E-state index contributed by atoms with van der Waals surface area (Å²) in [5, 5.41) is 11.4. The van der Waals surface area contributed by atoms with Gasteiger partial charge in [0.2, 0.25) is 0 Å². The molecule has 0 spiro atoms. The van der Waals surface area contributed by atoms with Crippen molar-refractivity contribution in [2.24, 2.45) is 5.92 Å². The van der Waals surface area contributed by atoms with Crippen molar-refractivity contribution in [2.45, 2.75) is 25.9 Å². The number of aromatic nitrogens is 2. The Morgan fingerprint density at radius 2 is 2.30 bits per heavy atom. The number of piperidine rings is 1. The average Bonchev–Trinajstić information content (AvgIpc) is 3.01. The third kappa shape index (κ3) is 3.92. The van der Waals surface area contributed by atoms with Gasteiger partial charge in [-0.05, 0) is 37.1 Å². The summed E-state index contributed by atoms with van der Waals surface area (Å²) in [4.78, 5) is 12.4. The van der Waals surface area contributed by atoms with Gasteiger partial charge in [-0.15, -0.1) is 0 Å². The van der Waals surface area contributed by atoms with Crippen LogP contribution in [0.2, 0.25) is 5.02 Å². The molecule has 2 N–H and O–H groups in total. The van der Waals surface area contributed by atoms with E-state index in [1.54, 1.807) is 17.1 Å². The molecule has 2 unspecified atom stereocenters. The summed E-state index contributed by atoms with van der Waals surface area (Å²) in [5.41, 5.74) is 1.57. The van der Waals surface area contributed by atoms with Crippen molar-refractivity contribution in [1.82, 2.24) is 20.4 Å². The fraction of sp³-hybridized carbons (Fsp3) is 0.412. The van der Waals surface area contributed by atoms with Crippen molar-refractivity contribution in [3.05, 3.63) is 52.8 Å². The molecule has 5 nitrogen and oxygen atoms in total. The van der Waals surface area contributed by atoms with E-state index in [0.29, 0.717) is 23.0 Å². The third-order valence-electron chi connectivity index (χ3n) is 4.29. The van der Waals surface area contributed by atoms with Gasteiger partial charge in [-0.2, -0.15) is 5.10 Å². The summed E-state index contributed by atoms with van der Waals surface area (Å²) >= 11 is 6.16. The van der Waals surface area contributed by atoms with E-state index in [-0.39, 0.29) is 11.9 Å². The summed E-state index contributed by atoms with van der Waals surface area (Å²) in [6.45, 7) is 4.59. The minimum atomic E-state index is -0.0610. The first-order valence-corrected chi connectivity index (χ1v) is 8.28. The maximum Gasteiger partial charge on any atom is 0.254 e. The van der Waals surface area contributed by atoms with Gasteiger partial charge in [0, 0.05) is 17.3 Å². The Balaban J connectivity index is 1.64. The summed E-state index contributed by atoms with van der Waals surface area (Å²) < 4.78 is 1.74. The van der Waals surface area contributed by atoms with Crippen LogP contribution in [0.1, 0.15) is 29.3 Å². The monoisotopic (exact) mass is 332 g/mol. The lowest BCUT2D eigenvalue weighted by Gasteiger charge is -2.30. The molecule has 2 atom stereocenters. The number of carbonyl (C=O) groups excluding carboxylic acids is 1. The molecule has 1 aliphatic heterocycles. The summed E-state index contributed by atoms with van der Waals surface area (Å²) in [6.07, 6.45) is 4.34. The van der Waals surface area contributed by atoms with E-state index < -0.39 is 0 Å². The van der Waals surface area contributed by atoms with Crippen LogP contribution in [0, 0.1) is 5.92 Å². The zero-order chi connectivity index (χ0) is 16.2. The number of nitrogens with zero attached hydrogens (tertiary/aromatic N) is 2. The fourth-order valence-electron chi connectivity index (χ4n) is 2.85. The van der Waals surface area contributed by atoms with Crippen LogP contribution in [-0.4, -0.2) is 34.8 Å². The molecule has 0 aliphatic carbocycles. The van der Waals surface area contributed by atoms with Crippen LogP contribution in [0.5, 0.6) is 0 Å². The van der Waals surface area contributed by atoms with Gasteiger partial charge in [-0.25, -0.2) is 0 Å². The van der Waals surface area contributed by atoms with Crippen molar-refractivity contribution in [2.75, 3.05) is 13.1 Å². The molecule has 1 aromatic carbocycles. The van der Waals surface area contributed by atoms with Crippen molar-refractivity contribution < 1.29 is 4.79 Å². The minimum absolute atomic E-state index is 0.0610. The number of carbonyl (C=O) groups is 1. The zero-order valence-electron chi connectivity index (χ0n) is 13.1. The molecule has 2 heterocycles. The van der Waals surface area contributed by atoms with E-state index in [0.717, 1.165) is 25.1 Å². The van der Waals surface area contributed by atoms with Gasteiger partial charge >= 0.3 is 0 Å². The number of hydrogen-bond donors (Lipinski definition) is 2. The second kappa shape index (κ2) is 7.15. The van der Waals surface area contributed by atoms with Crippen molar-refractivity contribution >= 4 is 17.5 Å². The van der Waals surface area contributed by atoms with Gasteiger partial charge in [0.05, 0.1) is 18.3 Å². The van der Waals surface area contributed by atoms with Crippen LogP contribution in [0.25, 0.3) is 0 Å². The smallest absolute Gasteiger partial charge is 0.254 e. The highest BCUT2D eigenvalue weighted by atomic mass is 35.5. The molecule has 2 aromatic rings. The summed E-state index contributed by atoms with van der Waals surface area (Å²) in [7, 11) is 0. The standard InChI is InChI=1S/C17H21ClN4O/c1-12-8-19-7-6-16(12)21-17(23)14-9-20-22(11-14)10-13-4-2-3-5-15(13)18/h2-5,9,11-12,16,19H,6-8,10H2,1H3,(H,21,23). The Hall–Kier alpha value is -1.85.